The van der Waals surface area contributed by atoms with E-state index < -0.39 is 60.2 Å². The van der Waals surface area contributed by atoms with Crippen molar-refractivity contribution < 1.29 is 45.3 Å². The van der Waals surface area contributed by atoms with Crippen LogP contribution in [0.25, 0.3) is 0 Å². The molecule has 23 heavy (non-hydrogen) atoms. The first-order valence-corrected chi connectivity index (χ1v) is 6.08. The lowest BCUT2D eigenvalue weighted by Gasteiger charge is -2.32. The molecule has 132 valence electrons. The number of halogens is 7. The number of methoxy groups -OCH3 is 1. The van der Waals surface area contributed by atoms with Crippen LogP contribution >= 0.6 is 0 Å². The number of pyridine rings is 1. The van der Waals surface area contributed by atoms with Crippen molar-refractivity contribution >= 4 is 0 Å². The van der Waals surface area contributed by atoms with Gasteiger partial charge < -0.3 is 14.6 Å². The molecule has 0 fully saturated rings. The number of alkyl halides is 3. The second kappa shape index (κ2) is 7.41. The zero-order valence-corrected chi connectivity index (χ0v) is 11.8. The van der Waals surface area contributed by atoms with Gasteiger partial charge in [0.1, 0.15) is 18.8 Å². The van der Waals surface area contributed by atoms with Crippen molar-refractivity contribution in [1.82, 2.24) is 4.98 Å². The van der Waals surface area contributed by atoms with Crippen molar-refractivity contribution in [2.45, 2.75) is 25.3 Å². The van der Waals surface area contributed by atoms with Crippen LogP contribution in [0.3, 0.4) is 0 Å². The summed E-state index contributed by atoms with van der Waals surface area (Å²) in [4.78, 5) is 2.25. The van der Waals surface area contributed by atoms with Crippen molar-refractivity contribution in [3.63, 3.8) is 0 Å². The molecular formula is C12H12F7NO3. The van der Waals surface area contributed by atoms with Crippen molar-refractivity contribution in [1.29, 1.82) is 0 Å². The molecule has 0 bridgehead atoms. The summed E-state index contributed by atoms with van der Waals surface area (Å²) in [6.45, 7) is -0.478. The molecule has 4 nitrogen and oxygen atoms in total. The molecule has 0 aliphatic rings. The van der Waals surface area contributed by atoms with E-state index in [0.29, 0.717) is 0 Å². The zero-order chi connectivity index (χ0) is 17.9. The number of aliphatic hydroxyl groups excluding tert-OH is 1. The number of nitrogens with zero attached hydrogens (tertiary/aromatic N) is 1. The summed E-state index contributed by atoms with van der Waals surface area (Å²) in [5.74, 6) is -11.3. The molecule has 3 atom stereocenters. The van der Waals surface area contributed by atoms with Gasteiger partial charge >= 0.3 is 6.18 Å². The molecule has 0 aliphatic heterocycles. The Morgan fingerprint density at radius 3 is 1.91 bits per heavy atom. The molecule has 0 saturated heterocycles. The Morgan fingerprint density at radius 2 is 1.57 bits per heavy atom. The lowest BCUT2D eigenvalue weighted by Crippen LogP contribution is -2.40. The minimum absolute atomic E-state index is 0.889. The maximum absolute atomic E-state index is 13.7. The van der Waals surface area contributed by atoms with Gasteiger partial charge in [-0.15, -0.1) is 0 Å². The largest absolute Gasteiger partial charge is 0.397 e. The highest BCUT2D eigenvalue weighted by Crippen LogP contribution is 2.43. The van der Waals surface area contributed by atoms with E-state index in [9.17, 15) is 30.7 Å². The van der Waals surface area contributed by atoms with Crippen molar-refractivity contribution in [2.24, 2.45) is 5.92 Å². The van der Waals surface area contributed by atoms with Gasteiger partial charge in [0, 0.05) is 7.11 Å². The van der Waals surface area contributed by atoms with E-state index in [4.69, 9.17) is 5.11 Å². The van der Waals surface area contributed by atoms with Gasteiger partial charge in [-0.3, -0.25) is 0 Å². The third-order valence-electron chi connectivity index (χ3n) is 3.15. The number of aromatic nitrogens is 1. The molecule has 0 radical (unpaired) electrons. The predicted molar refractivity (Wildman–Crippen MR) is 61.0 cm³/mol. The molecule has 1 N–H and O–H groups in total. The van der Waals surface area contributed by atoms with Crippen LogP contribution in [-0.2, 0) is 9.47 Å². The molecule has 0 spiro atoms. The summed E-state index contributed by atoms with van der Waals surface area (Å²) in [7, 11) is 0.889. The van der Waals surface area contributed by atoms with Crippen molar-refractivity contribution in [3.8, 4) is 0 Å². The Balaban J connectivity index is 3.58. The fourth-order valence-electron chi connectivity index (χ4n) is 2.03. The van der Waals surface area contributed by atoms with E-state index in [1.807, 2.05) is 0 Å². The molecular weight excluding hydrogens is 339 g/mol. The molecule has 1 heterocycles. The highest BCUT2D eigenvalue weighted by Gasteiger charge is 2.51. The summed E-state index contributed by atoms with van der Waals surface area (Å²) >= 11 is 0. The second-order valence-electron chi connectivity index (χ2n) is 4.46. The normalized spacial score (nSPS) is 16.3. The maximum atomic E-state index is 13.7. The van der Waals surface area contributed by atoms with Gasteiger partial charge in [0.25, 0.3) is 11.9 Å². The van der Waals surface area contributed by atoms with Crippen molar-refractivity contribution in [3.05, 3.63) is 29.1 Å². The summed E-state index contributed by atoms with van der Waals surface area (Å²) in [6.07, 6.45) is -9.42. The summed E-state index contributed by atoms with van der Waals surface area (Å²) < 4.78 is 102. The molecule has 3 unspecified atom stereocenters. The quantitative estimate of drug-likeness (QED) is 0.487. The van der Waals surface area contributed by atoms with Gasteiger partial charge in [0.2, 0.25) is 0 Å². The molecule has 1 aromatic rings. The molecule has 0 aliphatic carbocycles. The van der Waals surface area contributed by atoms with Crippen LogP contribution in [0.5, 0.6) is 0 Å². The first kappa shape index (κ1) is 19.6. The molecule has 0 amide bonds. The van der Waals surface area contributed by atoms with E-state index in [1.165, 1.54) is 0 Å². The second-order valence-corrected chi connectivity index (χ2v) is 4.46. The average Bonchev–Trinajstić information content (AvgIpc) is 2.44. The fourth-order valence-corrected chi connectivity index (χ4v) is 2.03. The SMILES string of the molecule is COC(C)C(C(OCO)c1c(F)c(F)nc(F)c1F)C(F)(F)F. The molecule has 11 heteroatoms. The van der Waals surface area contributed by atoms with Gasteiger partial charge in [-0.25, -0.2) is 8.78 Å². The van der Waals surface area contributed by atoms with Crippen molar-refractivity contribution in [2.75, 3.05) is 13.9 Å². The van der Waals surface area contributed by atoms with E-state index in [-0.39, 0.29) is 0 Å². The lowest BCUT2D eigenvalue weighted by atomic mass is 9.90. The van der Waals surface area contributed by atoms with Gasteiger partial charge in [-0.1, -0.05) is 0 Å². The van der Waals surface area contributed by atoms with Crippen LogP contribution in [0.1, 0.15) is 18.6 Å². The van der Waals surface area contributed by atoms with Crippen LogP contribution in [0, 0.1) is 29.4 Å². The lowest BCUT2D eigenvalue weighted by molar-refractivity contribution is -0.244. The standard InChI is InChI=1S/C12H12F7NO3/c1-4(22-2)6(12(17,18)19)9(23-3-21)5-7(13)10(15)20-11(16)8(5)14/h4,6,9,21H,3H2,1-2H3. The first-order valence-electron chi connectivity index (χ1n) is 6.08. The number of hydrogen-bond donors (Lipinski definition) is 1. The number of hydrogen-bond acceptors (Lipinski definition) is 4. The van der Waals surface area contributed by atoms with E-state index in [1.54, 1.807) is 0 Å². The number of rotatable bonds is 6. The summed E-state index contributed by atoms with van der Waals surface area (Å²) in [6, 6.07) is 0. The average molecular weight is 351 g/mol. The molecule has 0 aromatic carbocycles. The van der Waals surface area contributed by atoms with Crippen LogP contribution in [0.4, 0.5) is 30.7 Å². The third kappa shape index (κ3) is 4.09. The van der Waals surface area contributed by atoms with Gasteiger partial charge in [-0.2, -0.15) is 26.9 Å². The highest BCUT2D eigenvalue weighted by molar-refractivity contribution is 5.22. The zero-order valence-electron chi connectivity index (χ0n) is 11.8. The molecule has 0 saturated carbocycles. The predicted octanol–water partition coefficient (Wildman–Crippen LogP) is 2.86. The third-order valence-corrected chi connectivity index (χ3v) is 3.15. The Labute approximate surface area is 125 Å². The van der Waals surface area contributed by atoms with Gasteiger partial charge in [0.15, 0.2) is 11.6 Å². The van der Waals surface area contributed by atoms with Crippen LogP contribution < -0.4 is 0 Å². The first-order chi connectivity index (χ1) is 10.6. The number of ether oxygens (including phenoxy) is 2. The van der Waals surface area contributed by atoms with Gasteiger partial charge in [-0.05, 0) is 6.92 Å². The van der Waals surface area contributed by atoms with Crippen LogP contribution in [0.15, 0.2) is 0 Å². The van der Waals surface area contributed by atoms with E-state index in [2.05, 4.69) is 14.5 Å². The van der Waals surface area contributed by atoms with Crippen LogP contribution in [-0.4, -0.2) is 36.3 Å². The van der Waals surface area contributed by atoms with E-state index >= 15 is 0 Å². The molecule has 1 rings (SSSR count). The Hall–Kier alpha value is -1.46. The Morgan fingerprint density at radius 1 is 1.09 bits per heavy atom. The fraction of sp³-hybridized carbons (Fsp3) is 0.583. The topological polar surface area (TPSA) is 51.6 Å². The Bertz CT molecular complexity index is 526. The summed E-state index contributed by atoms with van der Waals surface area (Å²) in [5.41, 5.74) is -1.67. The highest BCUT2D eigenvalue weighted by atomic mass is 19.4. The van der Waals surface area contributed by atoms with Crippen LogP contribution in [0.2, 0.25) is 0 Å². The maximum Gasteiger partial charge on any atom is 0.397 e. The van der Waals surface area contributed by atoms with Gasteiger partial charge in [0.05, 0.1) is 11.7 Å². The minimum atomic E-state index is -5.12. The minimum Gasteiger partial charge on any atom is -0.381 e. The Kier molecular flexibility index (Phi) is 6.31. The summed E-state index contributed by atoms with van der Waals surface area (Å²) in [5, 5.41) is 8.71. The molecule has 1 aromatic heterocycles. The smallest absolute Gasteiger partial charge is 0.381 e. The number of aliphatic hydroxyl groups is 1. The monoisotopic (exact) mass is 351 g/mol. The van der Waals surface area contributed by atoms with E-state index in [0.717, 1.165) is 14.0 Å².